The van der Waals surface area contributed by atoms with Crippen molar-refractivity contribution in [3.63, 3.8) is 0 Å². The molecule has 2 aromatic carbocycles. The summed E-state index contributed by atoms with van der Waals surface area (Å²) in [6.07, 6.45) is -8.86. The van der Waals surface area contributed by atoms with Crippen molar-refractivity contribution in [3.8, 4) is 16.9 Å². The number of nitrogens with zero attached hydrogens (tertiary/aromatic N) is 1. The highest BCUT2D eigenvalue weighted by Crippen LogP contribution is 2.32. The van der Waals surface area contributed by atoms with Crippen LogP contribution in [0, 0.1) is 0 Å². The molecule has 1 N–H and O–H groups in total. The molecule has 27 heavy (non-hydrogen) atoms. The number of halogens is 6. The van der Waals surface area contributed by atoms with E-state index in [-0.39, 0.29) is 19.0 Å². The summed E-state index contributed by atoms with van der Waals surface area (Å²) < 4.78 is 81.1. The first-order valence-electron chi connectivity index (χ1n) is 7.93. The second kappa shape index (κ2) is 7.13. The molecule has 0 unspecified atom stereocenters. The highest BCUT2D eigenvalue weighted by molar-refractivity contribution is 6.02. The molecular weight excluding hydrogens is 374 g/mol. The van der Waals surface area contributed by atoms with Gasteiger partial charge in [-0.2, -0.15) is 26.3 Å². The van der Waals surface area contributed by atoms with Crippen LogP contribution < -0.4 is 10.1 Å². The molecule has 3 nitrogen and oxygen atoms in total. The van der Waals surface area contributed by atoms with E-state index in [0.29, 0.717) is 22.4 Å². The average molecular weight is 388 g/mol. The summed E-state index contributed by atoms with van der Waals surface area (Å²) in [7, 11) is 0. The second-order valence-corrected chi connectivity index (χ2v) is 5.83. The van der Waals surface area contributed by atoms with Crippen molar-refractivity contribution in [2.45, 2.75) is 12.4 Å². The maximum Gasteiger partial charge on any atom is 0.416 e. The van der Waals surface area contributed by atoms with E-state index in [1.54, 1.807) is 18.2 Å². The lowest BCUT2D eigenvalue weighted by Gasteiger charge is -2.15. The van der Waals surface area contributed by atoms with E-state index in [9.17, 15) is 26.3 Å². The molecule has 0 atom stereocenters. The lowest BCUT2D eigenvalue weighted by molar-refractivity contribution is -0.137. The van der Waals surface area contributed by atoms with Crippen LogP contribution in [0.4, 0.5) is 26.3 Å². The first-order valence-corrected chi connectivity index (χ1v) is 7.93. The van der Waals surface area contributed by atoms with E-state index in [2.05, 4.69) is 10.3 Å². The zero-order valence-electron chi connectivity index (χ0n) is 13.8. The Morgan fingerprint density at radius 1 is 0.926 bits per heavy atom. The fraction of sp³-hybridized carbons (Fsp3) is 0.278. The van der Waals surface area contributed by atoms with Crippen LogP contribution >= 0.6 is 0 Å². The van der Waals surface area contributed by atoms with Gasteiger partial charge < -0.3 is 10.1 Å². The third kappa shape index (κ3) is 4.72. The van der Waals surface area contributed by atoms with Crippen molar-refractivity contribution in [1.29, 1.82) is 0 Å². The van der Waals surface area contributed by atoms with Crippen LogP contribution in [0.5, 0.6) is 5.75 Å². The number of amidine groups is 1. The van der Waals surface area contributed by atoms with Crippen LogP contribution in [0.25, 0.3) is 11.1 Å². The molecule has 0 aromatic heterocycles. The molecule has 0 saturated carbocycles. The van der Waals surface area contributed by atoms with Crippen molar-refractivity contribution >= 4 is 5.84 Å². The molecule has 1 aliphatic rings. The third-order valence-electron chi connectivity index (χ3n) is 3.86. The van der Waals surface area contributed by atoms with Gasteiger partial charge in [0.25, 0.3) is 0 Å². The van der Waals surface area contributed by atoms with E-state index in [4.69, 9.17) is 4.74 Å². The molecule has 2 aromatic rings. The third-order valence-corrected chi connectivity index (χ3v) is 3.86. The second-order valence-electron chi connectivity index (χ2n) is 5.83. The summed E-state index contributed by atoms with van der Waals surface area (Å²) in [5.74, 6) is 0.394. The van der Waals surface area contributed by atoms with Crippen LogP contribution in [0.2, 0.25) is 0 Å². The molecule has 1 heterocycles. The maximum atomic E-state index is 12.7. The molecule has 0 fully saturated rings. The first kappa shape index (κ1) is 19.1. The van der Waals surface area contributed by atoms with Gasteiger partial charge in [0.2, 0.25) is 0 Å². The van der Waals surface area contributed by atoms with Gasteiger partial charge >= 0.3 is 12.4 Å². The quantitative estimate of drug-likeness (QED) is 0.759. The summed E-state index contributed by atoms with van der Waals surface area (Å²) in [6, 6.07) is 9.27. The number of nitrogens with one attached hydrogen (secondary N) is 1. The topological polar surface area (TPSA) is 33.6 Å². The molecule has 0 saturated heterocycles. The number of alkyl halides is 6. The molecule has 1 aliphatic heterocycles. The van der Waals surface area contributed by atoms with Gasteiger partial charge in [0.05, 0.1) is 17.7 Å². The number of fused-ring (bicyclic) bond motifs is 1. The maximum absolute atomic E-state index is 12.7. The van der Waals surface area contributed by atoms with Gasteiger partial charge in [-0.15, -0.1) is 0 Å². The van der Waals surface area contributed by atoms with Gasteiger partial charge in [-0.05, 0) is 35.4 Å². The zero-order chi connectivity index (χ0) is 19.7. The Morgan fingerprint density at radius 2 is 1.59 bits per heavy atom. The highest BCUT2D eigenvalue weighted by Gasteiger charge is 2.30. The van der Waals surface area contributed by atoms with Crippen molar-refractivity contribution in [2.75, 3.05) is 19.7 Å². The average Bonchev–Trinajstić information content (AvgIpc) is 2.80. The van der Waals surface area contributed by atoms with E-state index in [1.807, 2.05) is 0 Å². The number of benzene rings is 2. The van der Waals surface area contributed by atoms with E-state index in [0.717, 1.165) is 12.1 Å². The smallest absolute Gasteiger partial charge is 0.416 e. The van der Waals surface area contributed by atoms with Crippen LogP contribution in [0.1, 0.15) is 11.1 Å². The largest absolute Gasteiger partial charge is 0.491 e. The molecule has 9 heteroatoms. The minimum Gasteiger partial charge on any atom is -0.491 e. The molecule has 0 amide bonds. The summed E-state index contributed by atoms with van der Waals surface area (Å²) in [6.45, 7) is -0.857. The monoisotopic (exact) mass is 388 g/mol. The van der Waals surface area contributed by atoms with Gasteiger partial charge in [0, 0.05) is 0 Å². The SMILES string of the molecule is FC(F)(F)CNC1=NCCOc2ccc(-c3ccc(C(F)(F)F)cc3)cc21. The van der Waals surface area contributed by atoms with Crippen molar-refractivity contribution in [3.05, 3.63) is 53.6 Å². The number of rotatable bonds is 2. The van der Waals surface area contributed by atoms with E-state index >= 15 is 0 Å². The summed E-state index contributed by atoms with van der Waals surface area (Å²) in [5.41, 5.74) is 0.576. The first-order chi connectivity index (χ1) is 12.6. The lowest BCUT2D eigenvalue weighted by Crippen LogP contribution is -2.34. The Balaban J connectivity index is 1.93. The minimum atomic E-state index is -4.44. The highest BCUT2D eigenvalue weighted by atomic mass is 19.4. The van der Waals surface area contributed by atoms with Gasteiger partial charge in [-0.25, -0.2) is 0 Å². The minimum absolute atomic E-state index is 0.0357. The number of ether oxygens (including phenoxy) is 1. The van der Waals surface area contributed by atoms with Crippen LogP contribution in [0.15, 0.2) is 47.5 Å². The fourth-order valence-electron chi connectivity index (χ4n) is 2.61. The Morgan fingerprint density at radius 3 is 2.22 bits per heavy atom. The van der Waals surface area contributed by atoms with E-state index < -0.39 is 24.5 Å². The lowest BCUT2D eigenvalue weighted by atomic mass is 10.0. The molecule has 0 radical (unpaired) electrons. The summed E-state index contributed by atoms with van der Waals surface area (Å²) in [4.78, 5) is 4.08. The predicted molar refractivity (Wildman–Crippen MR) is 87.8 cm³/mol. The molecular formula is C18H14F6N2O. The molecule has 0 spiro atoms. The predicted octanol–water partition coefficient (Wildman–Crippen LogP) is 4.66. The van der Waals surface area contributed by atoms with Gasteiger partial charge in [0.15, 0.2) is 0 Å². The summed E-state index contributed by atoms with van der Waals surface area (Å²) >= 11 is 0. The molecule has 0 aliphatic carbocycles. The number of hydrogen-bond acceptors (Lipinski definition) is 3. The Bertz CT molecular complexity index is 840. The van der Waals surface area contributed by atoms with Crippen molar-refractivity contribution in [1.82, 2.24) is 5.32 Å². The molecule has 144 valence electrons. The van der Waals surface area contributed by atoms with Crippen molar-refractivity contribution < 1.29 is 31.1 Å². The number of aliphatic imine (C=N–C) groups is 1. The standard InChI is InChI=1S/C18H14F6N2O/c19-17(20,21)10-26-16-14-9-12(3-6-15(14)27-8-7-25-16)11-1-4-13(5-2-11)18(22,23)24/h1-6,9H,7-8,10H2,(H,25,26). The Hall–Kier alpha value is -2.71. The van der Waals surface area contributed by atoms with Crippen molar-refractivity contribution in [2.24, 2.45) is 4.99 Å². The number of hydrogen-bond donors (Lipinski definition) is 1. The van der Waals surface area contributed by atoms with Crippen LogP contribution in [-0.2, 0) is 6.18 Å². The van der Waals surface area contributed by atoms with Gasteiger partial charge in [-0.3, -0.25) is 4.99 Å². The van der Waals surface area contributed by atoms with Gasteiger partial charge in [-0.1, -0.05) is 18.2 Å². The summed E-state index contributed by atoms with van der Waals surface area (Å²) in [5, 5.41) is 2.26. The molecule has 0 bridgehead atoms. The van der Waals surface area contributed by atoms with Crippen LogP contribution in [-0.4, -0.2) is 31.7 Å². The van der Waals surface area contributed by atoms with E-state index in [1.165, 1.54) is 12.1 Å². The molecule has 3 rings (SSSR count). The Kier molecular flexibility index (Phi) is 5.03. The Labute approximate surface area is 150 Å². The van der Waals surface area contributed by atoms with Gasteiger partial charge in [0.1, 0.15) is 24.7 Å². The van der Waals surface area contributed by atoms with Crippen LogP contribution in [0.3, 0.4) is 0 Å². The fourth-order valence-corrected chi connectivity index (χ4v) is 2.61. The normalized spacial score (nSPS) is 14.7. The zero-order valence-corrected chi connectivity index (χ0v) is 13.8.